The lowest BCUT2D eigenvalue weighted by Gasteiger charge is -2.34. The molecule has 2 nitrogen and oxygen atoms in total. The van der Waals surface area contributed by atoms with Gasteiger partial charge in [0.1, 0.15) is 12.4 Å². The van der Waals surface area contributed by atoms with Crippen LogP contribution < -0.4 is 0 Å². The van der Waals surface area contributed by atoms with Gasteiger partial charge in [-0.15, -0.1) is 0 Å². The SMILES string of the molecule is C[N+]1([O-])CCC(F)(c2ccc(Cl)cc2F)C1. The molecule has 2 atom stereocenters. The largest absolute Gasteiger partial charge is 0.633 e. The topological polar surface area (TPSA) is 23.1 Å². The van der Waals surface area contributed by atoms with E-state index in [1.807, 2.05) is 0 Å². The Morgan fingerprint density at radius 1 is 1.50 bits per heavy atom. The third kappa shape index (κ3) is 2.05. The van der Waals surface area contributed by atoms with Crippen molar-refractivity contribution in [1.29, 1.82) is 0 Å². The van der Waals surface area contributed by atoms with Gasteiger partial charge in [-0.2, -0.15) is 0 Å². The molecular formula is C11H12ClF2NO. The highest BCUT2D eigenvalue weighted by molar-refractivity contribution is 6.30. The van der Waals surface area contributed by atoms with Crippen LogP contribution in [0.15, 0.2) is 18.2 Å². The number of hydroxylamine groups is 3. The molecule has 0 amide bonds. The lowest BCUT2D eigenvalue weighted by Crippen LogP contribution is -2.37. The molecule has 1 saturated heterocycles. The lowest BCUT2D eigenvalue weighted by atomic mass is 9.94. The maximum absolute atomic E-state index is 14.4. The van der Waals surface area contributed by atoms with Crippen molar-refractivity contribution in [2.75, 3.05) is 20.1 Å². The van der Waals surface area contributed by atoms with Gasteiger partial charge in [0, 0.05) is 17.0 Å². The maximum Gasteiger partial charge on any atom is 0.192 e. The number of nitrogens with zero attached hydrogens (tertiary/aromatic N) is 1. The Labute approximate surface area is 97.6 Å². The van der Waals surface area contributed by atoms with E-state index in [1.54, 1.807) is 0 Å². The van der Waals surface area contributed by atoms with Gasteiger partial charge in [0.25, 0.3) is 0 Å². The van der Waals surface area contributed by atoms with E-state index in [9.17, 15) is 14.0 Å². The summed E-state index contributed by atoms with van der Waals surface area (Å²) in [6.45, 7) is -0.0792. The molecule has 0 saturated carbocycles. The average molecular weight is 248 g/mol. The molecule has 0 radical (unpaired) electrons. The third-order valence-corrected chi connectivity index (χ3v) is 3.22. The van der Waals surface area contributed by atoms with Crippen LogP contribution in [-0.2, 0) is 5.67 Å². The van der Waals surface area contributed by atoms with Crippen LogP contribution in [-0.4, -0.2) is 24.8 Å². The fourth-order valence-electron chi connectivity index (χ4n) is 2.17. The van der Waals surface area contributed by atoms with Crippen LogP contribution >= 0.6 is 11.6 Å². The number of alkyl halides is 1. The standard InChI is InChI=1S/C11H12ClF2NO/c1-15(16)5-4-11(14,7-15)9-3-2-8(12)6-10(9)13/h2-3,6H,4-5,7H2,1H3. The van der Waals surface area contributed by atoms with E-state index in [4.69, 9.17) is 11.6 Å². The number of hydrogen-bond donors (Lipinski definition) is 0. The molecule has 88 valence electrons. The fourth-order valence-corrected chi connectivity index (χ4v) is 2.33. The van der Waals surface area contributed by atoms with Crippen molar-refractivity contribution in [2.45, 2.75) is 12.1 Å². The van der Waals surface area contributed by atoms with E-state index in [0.29, 0.717) is 0 Å². The highest BCUT2D eigenvalue weighted by Crippen LogP contribution is 2.40. The predicted molar refractivity (Wildman–Crippen MR) is 58.1 cm³/mol. The summed E-state index contributed by atoms with van der Waals surface area (Å²) in [5.74, 6) is -0.683. The Morgan fingerprint density at radius 3 is 2.69 bits per heavy atom. The minimum absolute atomic E-state index is 0.0472. The number of likely N-dealkylation sites (N-methyl/N-ethyl adjacent to an activating group) is 1. The minimum atomic E-state index is -1.87. The van der Waals surface area contributed by atoms with Crippen LogP contribution in [0.1, 0.15) is 12.0 Å². The van der Waals surface area contributed by atoms with Gasteiger partial charge in [0.2, 0.25) is 0 Å². The predicted octanol–water partition coefficient (Wildman–Crippen LogP) is 2.99. The van der Waals surface area contributed by atoms with Crippen molar-refractivity contribution in [2.24, 2.45) is 0 Å². The minimum Gasteiger partial charge on any atom is -0.633 e. The van der Waals surface area contributed by atoms with Crippen LogP contribution in [0.3, 0.4) is 0 Å². The highest BCUT2D eigenvalue weighted by Gasteiger charge is 2.46. The molecule has 1 aliphatic rings. The van der Waals surface area contributed by atoms with Crippen LogP contribution in [0.5, 0.6) is 0 Å². The fraction of sp³-hybridized carbons (Fsp3) is 0.455. The van der Waals surface area contributed by atoms with Crippen molar-refractivity contribution in [3.63, 3.8) is 0 Å². The third-order valence-electron chi connectivity index (χ3n) is 2.98. The van der Waals surface area contributed by atoms with E-state index in [-0.39, 0.29) is 30.1 Å². The van der Waals surface area contributed by atoms with Crippen LogP contribution in [0, 0.1) is 11.0 Å². The lowest BCUT2D eigenvalue weighted by molar-refractivity contribution is -0.850. The quantitative estimate of drug-likeness (QED) is 0.553. The van der Waals surface area contributed by atoms with Crippen molar-refractivity contribution < 1.29 is 13.4 Å². The Balaban J connectivity index is 2.38. The van der Waals surface area contributed by atoms with Gasteiger partial charge in [0.05, 0.1) is 13.6 Å². The van der Waals surface area contributed by atoms with Crippen molar-refractivity contribution >= 4 is 11.6 Å². The van der Waals surface area contributed by atoms with E-state index < -0.39 is 16.1 Å². The smallest absolute Gasteiger partial charge is 0.192 e. The number of halogens is 3. The molecular weight excluding hydrogens is 236 g/mol. The molecule has 0 aromatic heterocycles. The summed E-state index contributed by atoms with van der Waals surface area (Å²) in [7, 11) is 1.40. The molecule has 0 bridgehead atoms. The van der Waals surface area contributed by atoms with Crippen molar-refractivity contribution in [1.82, 2.24) is 0 Å². The van der Waals surface area contributed by atoms with E-state index in [1.165, 1.54) is 19.2 Å². The number of benzene rings is 1. The molecule has 5 heteroatoms. The molecule has 0 spiro atoms. The van der Waals surface area contributed by atoms with Gasteiger partial charge < -0.3 is 9.85 Å². The van der Waals surface area contributed by atoms with Gasteiger partial charge in [0.15, 0.2) is 5.67 Å². The maximum atomic E-state index is 14.4. The van der Waals surface area contributed by atoms with E-state index in [2.05, 4.69) is 0 Å². The summed E-state index contributed by atoms with van der Waals surface area (Å²) >= 11 is 5.60. The average Bonchev–Trinajstić information content (AvgIpc) is 2.41. The summed E-state index contributed by atoms with van der Waals surface area (Å²) in [5.41, 5.74) is -1.93. The number of quaternary nitrogens is 1. The summed E-state index contributed by atoms with van der Waals surface area (Å²) in [6, 6.07) is 3.84. The summed E-state index contributed by atoms with van der Waals surface area (Å²) < 4.78 is 27.3. The molecule has 0 N–H and O–H groups in total. The van der Waals surface area contributed by atoms with Crippen molar-refractivity contribution in [3.05, 3.63) is 39.8 Å². The molecule has 1 heterocycles. The normalized spacial score (nSPS) is 34.3. The van der Waals surface area contributed by atoms with Gasteiger partial charge in [-0.05, 0) is 12.1 Å². The molecule has 2 rings (SSSR count). The number of rotatable bonds is 1. The summed E-state index contributed by atoms with van der Waals surface area (Å²) in [5, 5.41) is 11.8. The molecule has 0 aliphatic carbocycles. The molecule has 16 heavy (non-hydrogen) atoms. The first-order valence-electron chi connectivity index (χ1n) is 5.02. The highest BCUT2D eigenvalue weighted by atomic mass is 35.5. The number of hydrogen-bond acceptors (Lipinski definition) is 1. The first kappa shape index (κ1) is 11.8. The van der Waals surface area contributed by atoms with Crippen LogP contribution in [0.25, 0.3) is 0 Å². The molecule has 1 aromatic carbocycles. The first-order valence-corrected chi connectivity index (χ1v) is 5.40. The number of likely N-dealkylation sites (tertiary alicyclic amines) is 1. The van der Waals surface area contributed by atoms with Gasteiger partial charge in [-0.3, -0.25) is 0 Å². The Morgan fingerprint density at radius 2 is 2.19 bits per heavy atom. The van der Waals surface area contributed by atoms with Gasteiger partial charge in [-0.1, -0.05) is 17.7 Å². The Hall–Kier alpha value is -0.710. The molecule has 1 aromatic rings. The second-order valence-corrected chi connectivity index (χ2v) is 4.95. The molecule has 1 fully saturated rings. The first-order chi connectivity index (χ1) is 7.32. The van der Waals surface area contributed by atoms with Crippen LogP contribution in [0.2, 0.25) is 5.02 Å². The van der Waals surface area contributed by atoms with E-state index in [0.717, 1.165) is 6.07 Å². The second kappa shape index (κ2) is 3.65. The monoisotopic (exact) mass is 247 g/mol. The Kier molecular flexibility index (Phi) is 2.69. The summed E-state index contributed by atoms with van der Waals surface area (Å²) in [6.07, 6.45) is 0.0472. The molecule has 1 aliphatic heterocycles. The zero-order chi connectivity index (χ0) is 12.0. The zero-order valence-electron chi connectivity index (χ0n) is 8.84. The van der Waals surface area contributed by atoms with Crippen LogP contribution in [0.4, 0.5) is 8.78 Å². The van der Waals surface area contributed by atoms with Crippen molar-refractivity contribution in [3.8, 4) is 0 Å². The second-order valence-electron chi connectivity index (χ2n) is 4.52. The van der Waals surface area contributed by atoms with E-state index >= 15 is 0 Å². The zero-order valence-corrected chi connectivity index (χ0v) is 9.60. The summed E-state index contributed by atoms with van der Waals surface area (Å²) in [4.78, 5) is 0. The Bertz CT molecular complexity index is 424. The van der Waals surface area contributed by atoms with Gasteiger partial charge >= 0.3 is 0 Å². The van der Waals surface area contributed by atoms with Gasteiger partial charge in [-0.25, -0.2) is 8.78 Å². The molecule has 2 unspecified atom stereocenters.